The number of aromatic amines is 1. The van der Waals surface area contributed by atoms with Gasteiger partial charge in [0.25, 0.3) is 0 Å². The van der Waals surface area contributed by atoms with E-state index in [-0.39, 0.29) is 29.6 Å². The van der Waals surface area contributed by atoms with Gasteiger partial charge in [-0.15, -0.1) is 0 Å². The minimum Gasteiger partial charge on any atom is -0.283 e. The maximum Gasteiger partial charge on any atom is 0.0593 e. The molecule has 1 N–H and O–H groups in total. The second-order valence-corrected chi connectivity index (χ2v) is 1.69. The number of rotatable bonds is 0. The molecular weight excluding hydrogens is 111 g/mol. The van der Waals surface area contributed by atoms with E-state index < -0.39 is 0 Å². The van der Waals surface area contributed by atoms with Gasteiger partial charge in [-0.3, -0.25) is 5.10 Å². The van der Waals surface area contributed by atoms with Crippen molar-refractivity contribution >= 4 is 29.6 Å². The number of aromatic nitrogens is 2. The molecule has 1 radical (unpaired) electrons. The zero-order valence-electron chi connectivity index (χ0n) is 5.52. The molecule has 39 valence electrons. The molecule has 0 atom stereocenters. The van der Waals surface area contributed by atoms with Crippen LogP contribution < -0.4 is 0 Å². The van der Waals surface area contributed by atoms with Crippen LogP contribution >= 0.6 is 0 Å². The van der Waals surface area contributed by atoms with Crippen molar-refractivity contribution in [1.29, 1.82) is 0 Å². The van der Waals surface area contributed by atoms with E-state index in [0.717, 1.165) is 11.4 Å². The summed E-state index contributed by atoms with van der Waals surface area (Å²) in [4.78, 5) is 0. The molecule has 0 aromatic carbocycles. The first kappa shape index (κ1) is 8.21. The van der Waals surface area contributed by atoms with Crippen LogP contribution in [0.2, 0.25) is 0 Å². The summed E-state index contributed by atoms with van der Waals surface area (Å²) in [7, 11) is 0. The Morgan fingerprint density at radius 1 is 1.50 bits per heavy atom. The van der Waals surface area contributed by atoms with Gasteiger partial charge in [-0.2, -0.15) is 5.10 Å². The Morgan fingerprint density at radius 3 is 2.25 bits per heavy atom. The van der Waals surface area contributed by atoms with Crippen LogP contribution in [0.1, 0.15) is 11.4 Å². The molecule has 0 saturated carbocycles. The Bertz CT molecular complexity index is 143. The molecule has 0 fully saturated rings. The minimum absolute atomic E-state index is 0. The Balaban J connectivity index is 0.000000490. The molecule has 0 amide bonds. The van der Waals surface area contributed by atoms with Gasteiger partial charge < -0.3 is 0 Å². The van der Waals surface area contributed by atoms with E-state index in [0.29, 0.717) is 0 Å². The van der Waals surface area contributed by atoms with Crippen molar-refractivity contribution in [3.63, 3.8) is 0 Å². The van der Waals surface area contributed by atoms with Crippen molar-refractivity contribution in [2.24, 2.45) is 0 Å². The predicted octanol–water partition coefficient (Wildman–Crippen LogP) is 0.646. The van der Waals surface area contributed by atoms with Gasteiger partial charge in [0, 0.05) is 35.3 Å². The van der Waals surface area contributed by atoms with Crippen molar-refractivity contribution in [1.82, 2.24) is 10.2 Å². The number of nitrogens with one attached hydrogen (secondary N) is 1. The second-order valence-electron chi connectivity index (χ2n) is 1.69. The van der Waals surface area contributed by atoms with Crippen molar-refractivity contribution in [2.75, 3.05) is 0 Å². The minimum atomic E-state index is 0. The number of hydrogen-bond acceptors (Lipinski definition) is 1. The van der Waals surface area contributed by atoms with E-state index in [2.05, 4.69) is 10.2 Å². The average molecular weight is 119 g/mol. The molecule has 0 saturated heterocycles. The quantitative estimate of drug-likeness (QED) is 0.499. The van der Waals surface area contributed by atoms with Crippen molar-refractivity contribution in [2.45, 2.75) is 13.8 Å². The van der Waals surface area contributed by atoms with Gasteiger partial charge in [-0.25, -0.2) is 0 Å². The fourth-order valence-electron chi connectivity index (χ4n) is 0.554. The van der Waals surface area contributed by atoms with Crippen LogP contribution in [0, 0.1) is 13.8 Å². The number of nitrogens with zero attached hydrogens (tertiary/aromatic N) is 1. The molecule has 3 heteroatoms. The molecule has 0 unspecified atom stereocenters. The summed E-state index contributed by atoms with van der Waals surface area (Å²) in [6.45, 7) is 3.95. The summed E-state index contributed by atoms with van der Waals surface area (Å²) < 4.78 is 0. The first-order valence-corrected chi connectivity index (χ1v) is 2.27. The third-order valence-corrected chi connectivity index (χ3v) is 0.834. The van der Waals surface area contributed by atoms with Gasteiger partial charge >= 0.3 is 0 Å². The Hall–Kier alpha value is 0.210. The summed E-state index contributed by atoms with van der Waals surface area (Å²) in [6, 6.07) is 2.00. The van der Waals surface area contributed by atoms with E-state index in [1.54, 1.807) is 0 Å². The molecule has 2 nitrogen and oxygen atoms in total. The molecule has 0 aliphatic heterocycles. The van der Waals surface area contributed by atoms with Gasteiger partial charge in [-0.05, 0) is 19.9 Å². The number of aryl methyl sites for hydroxylation is 2. The summed E-state index contributed by atoms with van der Waals surface area (Å²) in [6.07, 6.45) is 0. The van der Waals surface area contributed by atoms with Gasteiger partial charge in [0.1, 0.15) is 0 Å². The van der Waals surface area contributed by atoms with Gasteiger partial charge in [0.2, 0.25) is 0 Å². The Morgan fingerprint density at radius 2 is 2.12 bits per heavy atom. The smallest absolute Gasteiger partial charge is 0.0593 e. The molecule has 8 heavy (non-hydrogen) atoms. The first-order chi connectivity index (χ1) is 3.29. The molecule has 0 spiro atoms. The van der Waals surface area contributed by atoms with Crippen molar-refractivity contribution in [3.8, 4) is 0 Å². The van der Waals surface area contributed by atoms with Gasteiger partial charge in [-0.1, -0.05) is 0 Å². The summed E-state index contributed by atoms with van der Waals surface area (Å²) in [5.74, 6) is 0. The standard InChI is InChI=1S/C5H8N2.Na/c1-4-3-5(2)7-6-4;/h3H,1-2H3,(H,6,7);. The molecule has 1 aromatic heterocycles. The predicted molar refractivity (Wildman–Crippen MR) is 33.8 cm³/mol. The molecule has 1 heterocycles. The zero-order valence-corrected chi connectivity index (χ0v) is 7.52. The van der Waals surface area contributed by atoms with Crippen molar-refractivity contribution < 1.29 is 0 Å². The van der Waals surface area contributed by atoms with Crippen molar-refractivity contribution in [3.05, 3.63) is 17.5 Å². The van der Waals surface area contributed by atoms with E-state index in [1.807, 2.05) is 19.9 Å². The first-order valence-electron chi connectivity index (χ1n) is 2.27. The number of hydrogen-bond donors (Lipinski definition) is 1. The van der Waals surface area contributed by atoms with Crippen LogP contribution in [0.25, 0.3) is 0 Å². The third kappa shape index (κ3) is 1.99. The zero-order chi connectivity index (χ0) is 5.28. The summed E-state index contributed by atoms with van der Waals surface area (Å²) in [5, 5.41) is 6.71. The van der Waals surface area contributed by atoms with E-state index in [1.165, 1.54) is 0 Å². The normalized spacial score (nSPS) is 8.25. The Kier molecular flexibility index (Phi) is 3.36. The molecule has 0 aliphatic rings. The van der Waals surface area contributed by atoms with Crippen LogP contribution in [0.15, 0.2) is 6.07 Å². The monoisotopic (exact) mass is 119 g/mol. The van der Waals surface area contributed by atoms with E-state index >= 15 is 0 Å². The maximum atomic E-state index is 3.89. The topological polar surface area (TPSA) is 28.7 Å². The van der Waals surface area contributed by atoms with E-state index in [9.17, 15) is 0 Å². The molecular formula is C5H8N2Na. The van der Waals surface area contributed by atoms with Crippen LogP contribution in [0.3, 0.4) is 0 Å². The summed E-state index contributed by atoms with van der Waals surface area (Å²) >= 11 is 0. The molecule has 1 rings (SSSR count). The third-order valence-electron chi connectivity index (χ3n) is 0.834. The molecule has 1 aromatic rings. The molecule has 0 bridgehead atoms. The summed E-state index contributed by atoms with van der Waals surface area (Å²) in [5.41, 5.74) is 2.18. The van der Waals surface area contributed by atoms with Crippen LogP contribution in [-0.4, -0.2) is 39.8 Å². The van der Waals surface area contributed by atoms with Gasteiger partial charge in [0.15, 0.2) is 0 Å². The van der Waals surface area contributed by atoms with Crippen LogP contribution in [0.5, 0.6) is 0 Å². The second kappa shape index (κ2) is 3.28. The van der Waals surface area contributed by atoms with E-state index in [4.69, 9.17) is 0 Å². The average Bonchev–Trinajstić information content (AvgIpc) is 1.87. The fourth-order valence-corrected chi connectivity index (χ4v) is 0.554. The molecule has 0 aliphatic carbocycles. The number of H-pyrrole nitrogens is 1. The van der Waals surface area contributed by atoms with Crippen LogP contribution in [-0.2, 0) is 0 Å². The largest absolute Gasteiger partial charge is 0.283 e. The maximum absolute atomic E-state index is 3.89. The Labute approximate surface area is 71.0 Å². The fraction of sp³-hybridized carbons (Fsp3) is 0.400. The van der Waals surface area contributed by atoms with Gasteiger partial charge in [0.05, 0.1) is 5.69 Å². The SMILES string of the molecule is Cc1cc(C)[nH]n1.[Na]. The van der Waals surface area contributed by atoms with Crippen LogP contribution in [0.4, 0.5) is 0 Å².